The van der Waals surface area contributed by atoms with E-state index >= 15 is 0 Å². The van der Waals surface area contributed by atoms with E-state index in [0.29, 0.717) is 18.9 Å². The number of rotatable bonds is 6. The third kappa shape index (κ3) is 4.53. The second-order valence-electron chi connectivity index (χ2n) is 7.95. The first kappa shape index (κ1) is 20.5. The lowest BCUT2D eigenvalue weighted by atomic mass is 10.1. The Labute approximate surface area is 176 Å². The van der Waals surface area contributed by atoms with Crippen LogP contribution >= 0.6 is 0 Å². The Hall–Kier alpha value is -2.74. The summed E-state index contributed by atoms with van der Waals surface area (Å²) in [6, 6.07) is 6.07. The molecule has 4 rings (SSSR count). The minimum Gasteiger partial charge on any atom is -0.492 e. The molecule has 0 saturated carbocycles. The molecule has 1 N–H and O–H groups in total. The highest BCUT2D eigenvalue weighted by molar-refractivity contribution is 5.74. The van der Waals surface area contributed by atoms with Crippen molar-refractivity contribution in [3.63, 3.8) is 0 Å². The van der Waals surface area contributed by atoms with Crippen LogP contribution in [0, 0.1) is 5.82 Å². The number of ether oxygens (including phenoxy) is 1. The van der Waals surface area contributed by atoms with Gasteiger partial charge in [-0.05, 0) is 32.0 Å². The zero-order chi connectivity index (χ0) is 21.1. The van der Waals surface area contributed by atoms with E-state index < -0.39 is 0 Å². The van der Waals surface area contributed by atoms with Crippen LogP contribution in [0.4, 0.5) is 10.2 Å². The average Bonchev–Trinajstić information content (AvgIpc) is 3.21. The van der Waals surface area contributed by atoms with Gasteiger partial charge in [-0.15, -0.1) is 0 Å². The number of likely N-dealkylation sites (N-methyl/N-ethyl adjacent to an activating group) is 1. The highest BCUT2D eigenvalue weighted by Gasteiger charge is 2.32. The monoisotopic (exact) mass is 413 g/mol. The Morgan fingerprint density at radius 1 is 1.33 bits per heavy atom. The van der Waals surface area contributed by atoms with Gasteiger partial charge in [0.15, 0.2) is 5.82 Å². The van der Waals surface area contributed by atoms with Crippen LogP contribution in [0.25, 0.3) is 0 Å². The second kappa shape index (κ2) is 8.95. The summed E-state index contributed by atoms with van der Waals surface area (Å²) in [5.41, 5.74) is 2.16. The molecule has 1 aromatic carbocycles. The van der Waals surface area contributed by atoms with E-state index in [1.54, 1.807) is 19.1 Å². The Kier molecular flexibility index (Phi) is 6.13. The molecule has 3 heterocycles. The van der Waals surface area contributed by atoms with E-state index in [2.05, 4.69) is 17.3 Å². The topological polar surface area (TPSA) is 70.6 Å². The first-order valence-electron chi connectivity index (χ1n) is 10.5. The van der Waals surface area contributed by atoms with E-state index in [-0.39, 0.29) is 17.8 Å². The summed E-state index contributed by atoms with van der Waals surface area (Å²) < 4.78 is 18.9. The van der Waals surface area contributed by atoms with E-state index in [1.807, 2.05) is 4.90 Å². The van der Waals surface area contributed by atoms with Crippen molar-refractivity contribution in [2.24, 2.45) is 0 Å². The maximum Gasteiger partial charge on any atom is 0.220 e. The number of carbonyl (C=O) groups excluding carboxylic acids is 1. The molecule has 30 heavy (non-hydrogen) atoms. The summed E-state index contributed by atoms with van der Waals surface area (Å²) in [5.74, 6) is 1.78. The quantitative estimate of drug-likeness (QED) is 0.735. The van der Waals surface area contributed by atoms with Crippen molar-refractivity contribution in [1.82, 2.24) is 19.8 Å². The second-order valence-corrected chi connectivity index (χ2v) is 7.95. The van der Waals surface area contributed by atoms with Gasteiger partial charge < -0.3 is 19.9 Å². The van der Waals surface area contributed by atoms with Crippen molar-refractivity contribution in [2.45, 2.75) is 38.8 Å². The predicted octanol–water partition coefficient (Wildman–Crippen LogP) is 2.78. The Balaban J connectivity index is 1.51. The molecule has 0 radical (unpaired) electrons. The number of anilines is 1. The highest BCUT2D eigenvalue weighted by Crippen LogP contribution is 2.33. The molecule has 1 atom stereocenters. The number of nitrogens with one attached hydrogen (secondary N) is 1. The molecule has 0 aliphatic carbocycles. The van der Waals surface area contributed by atoms with Crippen molar-refractivity contribution >= 4 is 11.7 Å². The predicted molar refractivity (Wildman–Crippen MR) is 112 cm³/mol. The molecule has 7 nitrogen and oxygen atoms in total. The smallest absolute Gasteiger partial charge is 0.220 e. The zero-order valence-electron chi connectivity index (χ0n) is 17.5. The molecule has 0 unspecified atom stereocenters. The molecular formula is C22H28FN5O2. The van der Waals surface area contributed by atoms with Gasteiger partial charge in [-0.1, -0.05) is 6.07 Å². The first-order valence-corrected chi connectivity index (χ1v) is 10.5. The molecule has 160 valence electrons. The largest absolute Gasteiger partial charge is 0.492 e. The van der Waals surface area contributed by atoms with Gasteiger partial charge in [0, 0.05) is 44.6 Å². The summed E-state index contributed by atoms with van der Waals surface area (Å²) >= 11 is 0. The summed E-state index contributed by atoms with van der Waals surface area (Å²) in [5, 5.41) is 3.39. The minimum atomic E-state index is -0.315. The summed E-state index contributed by atoms with van der Waals surface area (Å²) in [6.07, 6.45) is 2.72. The molecule has 2 aromatic rings. The van der Waals surface area contributed by atoms with Gasteiger partial charge in [-0.2, -0.15) is 0 Å². The summed E-state index contributed by atoms with van der Waals surface area (Å²) in [6.45, 7) is 5.01. The maximum absolute atomic E-state index is 13.3. The van der Waals surface area contributed by atoms with Crippen molar-refractivity contribution < 1.29 is 13.9 Å². The van der Waals surface area contributed by atoms with Gasteiger partial charge in [0.2, 0.25) is 5.91 Å². The lowest BCUT2D eigenvalue weighted by molar-refractivity contribution is -0.129. The Morgan fingerprint density at radius 2 is 2.20 bits per heavy atom. The van der Waals surface area contributed by atoms with Crippen molar-refractivity contribution in [3.8, 4) is 5.75 Å². The van der Waals surface area contributed by atoms with Crippen LogP contribution in [0.5, 0.6) is 5.75 Å². The molecule has 1 fully saturated rings. The number of carbonyl (C=O) groups is 1. The fraction of sp³-hybridized carbons (Fsp3) is 0.500. The third-order valence-corrected chi connectivity index (χ3v) is 5.68. The molecule has 2 aliphatic heterocycles. The van der Waals surface area contributed by atoms with Crippen LogP contribution in [0.2, 0.25) is 0 Å². The average molecular weight is 413 g/mol. The molecule has 1 amide bonds. The Morgan fingerprint density at radius 3 is 3.00 bits per heavy atom. The van der Waals surface area contributed by atoms with E-state index in [1.165, 1.54) is 12.1 Å². The number of likely N-dealkylation sites (tertiary alicyclic amines) is 1. The van der Waals surface area contributed by atoms with Crippen LogP contribution in [-0.4, -0.2) is 59.0 Å². The van der Waals surface area contributed by atoms with Crippen molar-refractivity contribution in [1.29, 1.82) is 0 Å². The van der Waals surface area contributed by atoms with Gasteiger partial charge in [0.05, 0.1) is 18.3 Å². The molecule has 8 heteroatoms. The molecule has 2 aliphatic rings. The Bertz CT molecular complexity index is 922. The molecule has 1 saturated heterocycles. The van der Waals surface area contributed by atoms with E-state index in [4.69, 9.17) is 14.7 Å². The van der Waals surface area contributed by atoms with Crippen molar-refractivity contribution in [3.05, 3.63) is 47.2 Å². The minimum absolute atomic E-state index is 0.0587. The lowest BCUT2D eigenvalue weighted by Crippen LogP contribution is -2.32. The first-order chi connectivity index (χ1) is 14.5. The van der Waals surface area contributed by atoms with E-state index in [9.17, 15) is 9.18 Å². The summed E-state index contributed by atoms with van der Waals surface area (Å²) in [4.78, 5) is 25.8. The van der Waals surface area contributed by atoms with Gasteiger partial charge in [-0.3, -0.25) is 4.79 Å². The van der Waals surface area contributed by atoms with Crippen LogP contribution in [-0.2, 0) is 17.8 Å². The van der Waals surface area contributed by atoms with Gasteiger partial charge in [-0.25, -0.2) is 14.4 Å². The fourth-order valence-corrected chi connectivity index (χ4v) is 4.17. The lowest BCUT2D eigenvalue weighted by Gasteiger charge is -2.28. The summed E-state index contributed by atoms with van der Waals surface area (Å²) in [7, 11) is 2.09. The highest BCUT2D eigenvalue weighted by atomic mass is 19.1. The fourth-order valence-electron chi connectivity index (χ4n) is 4.17. The number of fused-ring (bicyclic) bond motifs is 1. The van der Waals surface area contributed by atoms with Crippen molar-refractivity contribution in [2.75, 3.05) is 38.6 Å². The van der Waals surface area contributed by atoms with Crippen LogP contribution in [0.3, 0.4) is 0 Å². The molecule has 1 aromatic heterocycles. The SMILES string of the molecule is CC(=O)N1CCC[C@@H]1c1nc2c(c(NCCOc3cccc(F)c3)n1)CN(C)CC2. The van der Waals surface area contributed by atoms with Gasteiger partial charge in [0.1, 0.15) is 24.0 Å². The number of amides is 1. The van der Waals surface area contributed by atoms with Crippen LogP contribution in [0.1, 0.15) is 42.9 Å². The number of hydrogen-bond donors (Lipinski definition) is 1. The van der Waals surface area contributed by atoms with Crippen LogP contribution in [0.15, 0.2) is 24.3 Å². The standard InChI is InChI=1S/C22H28FN5O2/c1-15(29)28-10-4-7-20(28)22-25-19-8-11-27(2)14-18(19)21(26-22)24-9-12-30-17-6-3-5-16(23)13-17/h3,5-6,13,20H,4,7-12,14H2,1-2H3,(H,24,25,26)/t20-/m1/s1. The molecular weight excluding hydrogens is 385 g/mol. The number of nitrogens with zero attached hydrogens (tertiary/aromatic N) is 4. The maximum atomic E-state index is 13.3. The van der Waals surface area contributed by atoms with Crippen LogP contribution < -0.4 is 10.1 Å². The molecule has 0 bridgehead atoms. The van der Waals surface area contributed by atoms with Gasteiger partial charge in [0.25, 0.3) is 0 Å². The normalized spacial score (nSPS) is 18.9. The van der Waals surface area contributed by atoms with E-state index in [0.717, 1.165) is 61.8 Å². The molecule has 0 spiro atoms. The number of aromatic nitrogens is 2. The number of hydrogen-bond acceptors (Lipinski definition) is 6. The third-order valence-electron chi connectivity index (χ3n) is 5.68. The zero-order valence-corrected chi connectivity index (χ0v) is 17.5. The number of benzene rings is 1. The van der Waals surface area contributed by atoms with Gasteiger partial charge >= 0.3 is 0 Å². The number of halogens is 1.